The van der Waals surface area contributed by atoms with E-state index in [4.69, 9.17) is 0 Å². The van der Waals surface area contributed by atoms with Crippen LogP contribution < -0.4 is 0 Å². The van der Waals surface area contributed by atoms with Crippen molar-refractivity contribution in [1.82, 2.24) is 9.21 Å². The van der Waals surface area contributed by atoms with E-state index in [1.54, 1.807) is 16.4 Å². The summed E-state index contributed by atoms with van der Waals surface area (Å²) in [6, 6.07) is 5.50. The molecular formula is C12H16Br2N2O2S. The summed E-state index contributed by atoms with van der Waals surface area (Å²) in [5.74, 6) is 0. The largest absolute Gasteiger partial charge is 0.305 e. The zero-order chi connectivity index (χ0) is 14.2. The second-order valence-corrected chi connectivity index (χ2v) is 8.52. The number of sulfonamides is 1. The fourth-order valence-corrected chi connectivity index (χ4v) is 5.12. The average Bonchev–Trinajstić information content (AvgIpc) is 2.82. The molecule has 0 spiro atoms. The number of hydrogen-bond donors (Lipinski definition) is 0. The molecule has 0 saturated carbocycles. The third-order valence-corrected chi connectivity index (χ3v) is 6.72. The summed E-state index contributed by atoms with van der Waals surface area (Å²) in [6.45, 7) is 1.12. The summed E-state index contributed by atoms with van der Waals surface area (Å²) in [5.41, 5.74) is 0. The van der Waals surface area contributed by atoms with Gasteiger partial charge in [0.2, 0.25) is 10.0 Å². The average molecular weight is 412 g/mol. The Morgan fingerprint density at radius 2 is 2.00 bits per heavy atom. The molecule has 0 bridgehead atoms. The van der Waals surface area contributed by atoms with E-state index in [0.717, 1.165) is 10.9 Å². The molecule has 1 unspecified atom stereocenters. The molecule has 106 valence electrons. The SMILES string of the molecule is CN(C)C1CCN(S(=O)(=O)c2cc(Br)ccc2Br)C1. The first-order valence-electron chi connectivity index (χ1n) is 5.94. The predicted octanol–water partition coefficient (Wildman–Crippen LogP) is 2.54. The summed E-state index contributed by atoms with van der Waals surface area (Å²) < 4.78 is 28.2. The van der Waals surface area contributed by atoms with Gasteiger partial charge in [-0.25, -0.2) is 8.42 Å². The quantitative estimate of drug-likeness (QED) is 0.767. The van der Waals surface area contributed by atoms with Crippen LogP contribution in [0.1, 0.15) is 6.42 Å². The van der Waals surface area contributed by atoms with Crippen molar-refractivity contribution in [3.8, 4) is 0 Å². The van der Waals surface area contributed by atoms with Crippen molar-refractivity contribution < 1.29 is 8.42 Å². The van der Waals surface area contributed by atoms with Gasteiger partial charge in [-0.3, -0.25) is 0 Å². The highest BCUT2D eigenvalue weighted by Gasteiger charge is 2.34. The van der Waals surface area contributed by atoms with Crippen LogP contribution in [0.3, 0.4) is 0 Å². The molecule has 1 aromatic carbocycles. The molecular weight excluding hydrogens is 396 g/mol. The molecule has 2 rings (SSSR count). The Kier molecular flexibility index (Phi) is 4.72. The van der Waals surface area contributed by atoms with Gasteiger partial charge < -0.3 is 4.90 Å². The van der Waals surface area contributed by atoms with Crippen LogP contribution in [-0.2, 0) is 10.0 Å². The normalized spacial score (nSPS) is 21.2. The molecule has 1 heterocycles. The summed E-state index contributed by atoms with van der Waals surface area (Å²) in [6.07, 6.45) is 0.873. The van der Waals surface area contributed by atoms with E-state index in [-0.39, 0.29) is 0 Å². The van der Waals surface area contributed by atoms with Crippen molar-refractivity contribution in [1.29, 1.82) is 0 Å². The molecule has 0 aliphatic carbocycles. The number of nitrogens with zero attached hydrogens (tertiary/aromatic N) is 2. The van der Waals surface area contributed by atoms with E-state index in [9.17, 15) is 8.42 Å². The Labute approximate surface area is 131 Å². The van der Waals surface area contributed by atoms with Crippen LogP contribution in [0.15, 0.2) is 32.0 Å². The van der Waals surface area contributed by atoms with Gasteiger partial charge in [0.25, 0.3) is 0 Å². The summed E-state index contributed by atoms with van der Waals surface area (Å²) >= 11 is 6.64. The molecule has 7 heteroatoms. The molecule has 1 fully saturated rings. The summed E-state index contributed by atoms with van der Waals surface area (Å²) in [5, 5.41) is 0. The molecule has 1 saturated heterocycles. The number of benzene rings is 1. The Morgan fingerprint density at radius 1 is 1.32 bits per heavy atom. The van der Waals surface area contributed by atoms with Gasteiger partial charge >= 0.3 is 0 Å². The second-order valence-electron chi connectivity index (χ2n) is 4.84. The minimum Gasteiger partial charge on any atom is -0.305 e. The third-order valence-electron chi connectivity index (χ3n) is 3.37. The molecule has 0 aromatic heterocycles. The van der Waals surface area contributed by atoms with Gasteiger partial charge in [-0.2, -0.15) is 4.31 Å². The predicted molar refractivity (Wildman–Crippen MR) is 82.7 cm³/mol. The Hall–Kier alpha value is 0.0500. The molecule has 0 N–H and O–H groups in total. The fourth-order valence-electron chi connectivity index (χ4n) is 2.16. The molecule has 4 nitrogen and oxygen atoms in total. The lowest BCUT2D eigenvalue weighted by molar-refractivity contribution is 0.302. The molecule has 1 aliphatic heterocycles. The van der Waals surface area contributed by atoms with Gasteiger partial charge in [-0.15, -0.1) is 0 Å². The van der Waals surface area contributed by atoms with Gasteiger partial charge in [0.1, 0.15) is 0 Å². The van der Waals surface area contributed by atoms with Gasteiger partial charge in [0.05, 0.1) is 4.90 Å². The number of likely N-dealkylation sites (N-methyl/N-ethyl adjacent to an activating group) is 1. The standard InChI is InChI=1S/C12H16Br2N2O2S/c1-15(2)10-5-6-16(8-10)19(17,18)12-7-9(13)3-4-11(12)14/h3-4,7,10H,5-6,8H2,1-2H3. The van der Waals surface area contributed by atoms with Crippen molar-refractivity contribution in [2.45, 2.75) is 17.4 Å². The Bertz CT molecular complexity index is 575. The molecule has 1 aromatic rings. The number of hydrogen-bond acceptors (Lipinski definition) is 3. The van der Waals surface area contributed by atoms with Gasteiger partial charge in [-0.1, -0.05) is 15.9 Å². The van der Waals surface area contributed by atoms with Crippen molar-refractivity contribution in [3.05, 3.63) is 27.1 Å². The first-order valence-corrected chi connectivity index (χ1v) is 8.96. The fraction of sp³-hybridized carbons (Fsp3) is 0.500. The van der Waals surface area contributed by atoms with Crippen molar-refractivity contribution >= 4 is 41.9 Å². The van der Waals surface area contributed by atoms with Crippen molar-refractivity contribution in [2.24, 2.45) is 0 Å². The minimum atomic E-state index is -3.43. The van der Waals surface area contributed by atoms with Crippen LogP contribution in [-0.4, -0.2) is 50.8 Å². The van der Waals surface area contributed by atoms with Crippen LogP contribution in [0, 0.1) is 0 Å². The van der Waals surface area contributed by atoms with Crippen molar-refractivity contribution in [3.63, 3.8) is 0 Å². The highest BCUT2D eigenvalue weighted by molar-refractivity contribution is 9.11. The second kappa shape index (κ2) is 5.81. The lowest BCUT2D eigenvalue weighted by Gasteiger charge is -2.20. The van der Waals surface area contributed by atoms with Gasteiger partial charge in [0.15, 0.2) is 0 Å². The van der Waals surface area contributed by atoms with Crippen molar-refractivity contribution in [2.75, 3.05) is 27.2 Å². The Balaban J connectivity index is 2.31. The van der Waals surface area contributed by atoms with E-state index >= 15 is 0 Å². The first-order chi connectivity index (χ1) is 8.82. The molecule has 0 radical (unpaired) electrons. The van der Waals surface area contributed by atoms with E-state index < -0.39 is 10.0 Å². The van der Waals surface area contributed by atoms with E-state index in [2.05, 4.69) is 36.8 Å². The smallest absolute Gasteiger partial charge is 0.244 e. The molecule has 1 aliphatic rings. The first kappa shape index (κ1) is 15.4. The highest BCUT2D eigenvalue weighted by Crippen LogP contribution is 2.30. The maximum absolute atomic E-state index is 12.6. The van der Waals surface area contributed by atoms with Gasteiger partial charge in [-0.05, 0) is 54.6 Å². The zero-order valence-electron chi connectivity index (χ0n) is 10.8. The molecule has 19 heavy (non-hydrogen) atoms. The van der Waals surface area contributed by atoms with Crippen LogP contribution in [0.4, 0.5) is 0 Å². The molecule has 1 atom stereocenters. The highest BCUT2D eigenvalue weighted by atomic mass is 79.9. The monoisotopic (exact) mass is 410 g/mol. The number of halogens is 2. The summed E-state index contributed by atoms with van der Waals surface area (Å²) in [4.78, 5) is 2.40. The third kappa shape index (κ3) is 3.21. The minimum absolute atomic E-state index is 0.292. The summed E-state index contributed by atoms with van der Waals surface area (Å²) in [7, 11) is 0.535. The van der Waals surface area contributed by atoms with E-state index in [1.165, 1.54) is 0 Å². The van der Waals surface area contributed by atoms with Crippen LogP contribution in [0.5, 0.6) is 0 Å². The van der Waals surface area contributed by atoms with E-state index in [0.29, 0.717) is 28.5 Å². The zero-order valence-corrected chi connectivity index (χ0v) is 14.8. The number of rotatable bonds is 3. The maximum atomic E-state index is 12.6. The van der Waals surface area contributed by atoms with Crippen LogP contribution in [0.2, 0.25) is 0 Å². The lowest BCUT2D eigenvalue weighted by Crippen LogP contribution is -2.34. The van der Waals surface area contributed by atoms with Gasteiger partial charge in [0, 0.05) is 28.1 Å². The maximum Gasteiger partial charge on any atom is 0.244 e. The van der Waals surface area contributed by atoms with E-state index in [1.807, 2.05) is 20.2 Å². The topological polar surface area (TPSA) is 40.6 Å². The lowest BCUT2D eigenvalue weighted by atomic mass is 10.2. The molecule has 0 amide bonds. The van der Waals surface area contributed by atoms with Crippen LogP contribution >= 0.6 is 31.9 Å². The van der Waals surface area contributed by atoms with Crippen LogP contribution in [0.25, 0.3) is 0 Å². The Morgan fingerprint density at radius 3 is 2.58 bits per heavy atom.